The first-order chi connectivity index (χ1) is 12.0. The Morgan fingerprint density at radius 3 is 2.76 bits per heavy atom. The van der Waals surface area contributed by atoms with Crippen LogP contribution in [0.5, 0.6) is 11.5 Å². The van der Waals surface area contributed by atoms with Crippen molar-refractivity contribution in [2.24, 2.45) is 5.92 Å². The minimum Gasteiger partial charge on any atom is -0.493 e. The van der Waals surface area contributed by atoms with Gasteiger partial charge in [-0.25, -0.2) is 4.98 Å². The topological polar surface area (TPSA) is 60.5 Å². The van der Waals surface area contributed by atoms with E-state index in [0.29, 0.717) is 29.8 Å². The summed E-state index contributed by atoms with van der Waals surface area (Å²) in [6.45, 7) is 6.70. The molecule has 2 rings (SSSR count). The van der Waals surface area contributed by atoms with Crippen LogP contribution in [0, 0.1) is 12.8 Å². The van der Waals surface area contributed by atoms with Gasteiger partial charge in [0.15, 0.2) is 11.5 Å². The van der Waals surface area contributed by atoms with Gasteiger partial charge in [0, 0.05) is 12.3 Å². The van der Waals surface area contributed by atoms with Crippen molar-refractivity contribution in [2.45, 2.75) is 20.8 Å². The lowest BCUT2D eigenvalue weighted by atomic mass is 10.2. The minimum absolute atomic E-state index is 0.235. The summed E-state index contributed by atoms with van der Waals surface area (Å²) in [5, 5.41) is 2.76. The number of hydrogen-bond acceptors (Lipinski definition) is 4. The number of rotatable bonds is 7. The van der Waals surface area contributed by atoms with Gasteiger partial charge in [-0.15, -0.1) is 0 Å². The monoisotopic (exact) mass is 340 g/mol. The summed E-state index contributed by atoms with van der Waals surface area (Å²) in [6, 6.07) is 9.30. The fraction of sp³-hybridized carbons (Fsp3) is 0.300. The number of anilines is 1. The molecule has 0 unspecified atom stereocenters. The molecule has 0 bridgehead atoms. The molecule has 1 heterocycles. The summed E-state index contributed by atoms with van der Waals surface area (Å²) in [5.74, 6) is 2.10. The highest BCUT2D eigenvalue weighted by Gasteiger charge is 2.06. The molecular weight excluding hydrogens is 316 g/mol. The number of pyridine rings is 1. The van der Waals surface area contributed by atoms with Crippen molar-refractivity contribution in [3.8, 4) is 11.5 Å². The SMILES string of the molecule is COc1cc(C=CC(=O)Nc2ncccc2C)ccc1OCC(C)C. The third-order valence-electron chi connectivity index (χ3n) is 3.44. The highest BCUT2D eigenvalue weighted by Crippen LogP contribution is 2.29. The van der Waals surface area contributed by atoms with Crippen LogP contribution in [-0.2, 0) is 4.79 Å². The van der Waals surface area contributed by atoms with Crippen molar-refractivity contribution >= 4 is 17.8 Å². The molecular formula is C20H24N2O3. The Labute approximate surface area is 148 Å². The number of amides is 1. The van der Waals surface area contributed by atoms with Gasteiger partial charge in [-0.3, -0.25) is 4.79 Å². The average Bonchev–Trinajstić information content (AvgIpc) is 2.60. The molecule has 0 aliphatic rings. The molecule has 1 amide bonds. The molecule has 5 heteroatoms. The van der Waals surface area contributed by atoms with Gasteiger partial charge >= 0.3 is 0 Å². The minimum atomic E-state index is -0.235. The van der Waals surface area contributed by atoms with Gasteiger partial charge in [0.1, 0.15) is 5.82 Å². The number of aromatic nitrogens is 1. The molecule has 1 aromatic heterocycles. The largest absolute Gasteiger partial charge is 0.493 e. The molecule has 0 spiro atoms. The van der Waals surface area contributed by atoms with Crippen molar-refractivity contribution < 1.29 is 14.3 Å². The Kier molecular flexibility index (Phi) is 6.57. The first kappa shape index (κ1) is 18.5. The highest BCUT2D eigenvalue weighted by molar-refractivity contribution is 6.01. The lowest BCUT2D eigenvalue weighted by Crippen LogP contribution is -2.10. The predicted molar refractivity (Wildman–Crippen MR) is 100.0 cm³/mol. The zero-order chi connectivity index (χ0) is 18.2. The number of nitrogens with one attached hydrogen (secondary N) is 1. The standard InChI is InChI=1S/C20H24N2O3/c1-14(2)13-25-17-9-7-16(12-18(17)24-4)8-10-19(23)22-20-15(3)6-5-11-21-20/h5-12,14H,13H2,1-4H3,(H,21,22,23). The Balaban J connectivity index is 2.05. The van der Waals surface area contributed by atoms with Crippen LogP contribution in [-0.4, -0.2) is 24.6 Å². The molecule has 0 aliphatic heterocycles. The van der Waals surface area contributed by atoms with Gasteiger partial charge < -0.3 is 14.8 Å². The lowest BCUT2D eigenvalue weighted by molar-refractivity contribution is -0.111. The summed E-state index contributed by atoms with van der Waals surface area (Å²) in [5.41, 5.74) is 1.76. The normalized spacial score (nSPS) is 10.9. The molecule has 0 saturated heterocycles. The summed E-state index contributed by atoms with van der Waals surface area (Å²) in [6.07, 6.45) is 4.84. The molecule has 0 atom stereocenters. The molecule has 25 heavy (non-hydrogen) atoms. The third kappa shape index (κ3) is 5.64. The van der Waals surface area contributed by atoms with Gasteiger partial charge in [-0.1, -0.05) is 26.0 Å². The van der Waals surface area contributed by atoms with E-state index < -0.39 is 0 Å². The maximum absolute atomic E-state index is 12.0. The number of ether oxygens (including phenoxy) is 2. The smallest absolute Gasteiger partial charge is 0.249 e. The Morgan fingerprint density at radius 2 is 2.08 bits per heavy atom. The molecule has 1 aromatic carbocycles. The molecule has 0 fully saturated rings. The molecule has 0 saturated carbocycles. The van der Waals surface area contributed by atoms with E-state index in [9.17, 15) is 4.79 Å². The zero-order valence-electron chi connectivity index (χ0n) is 15.1. The van der Waals surface area contributed by atoms with Crippen molar-refractivity contribution in [1.29, 1.82) is 0 Å². The van der Waals surface area contributed by atoms with E-state index in [1.165, 1.54) is 6.08 Å². The third-order valence-corrected chi connectivity index (χ3v) is 3.44. The van der Waals surface area contributed by atoms with Crippen LogP contribution in [0.15, 0.2) is 42.6 Å². The van der Waals surface area contributed by atoms with E-state index in [1.54, 1.807) is 19.4 Å². The molecule has 5 nitrogen and oxygen atoms in total. The number of hydrogen-bond donors (Lipinski definition) is 1. The molecule has 132 valence electrons. The van der Waals surface area contributed by atoms with Crippen molar-refractivity contribution in [1.82, 2.24) is 4.98 Å². The van der Waals surface area contributed by atoms with E-state index in [1.807, 2.05) is 37.3 Å². The molecule has 0 radical (unpaired) electrons. The van der Waals surface area contributed by atoms with Crippen LogP contribution >= 0.6 is 0 Å². The number of carbonyl (C=O) groups excluding carboxylic acids is 1. The second-order valence-electron chi connectivity index (χ2n) is 6.11. The van der Waals surface area contributed by atoms with Gasteiger partial charge in [0.05, 0.1) is 13.7 Å². The van der Waals surface area contributed by atoms with Crippen LogP contribution < -0.4 is 14.8 Å². The fourth-order valence-electron chi connectivity index (χ4n) is 2.11. The fourth-order valence-corrected chi connectivity index (χ4v) is 2.11. The van der Waals surface area contributed by atoms with Crippen LogP contribution in [0.2, 0.25) is 0 Å². The second-order valence-corrected chi connectivity index (χ2v) is 6.11. The van der Waals surface area contributed by atoms with Crippen LogP contribution in [0.25, 0.3) is 6.08 Å². The summed E-state index contributed by atoms with van der Waals surface area (Å²) in [7, 11) is 1.60. The van der Waals surface area contributed by atoms with Crippen LogP contribution in [0.4, 0.5) is 5.82 Å². The molecule has 1 N–H and O–H groups in total. The number of aryl methyl sites for hydroxylation is 1. The zero-order valence-corrected chi connectivity index (χ0v) is 15.1. The Hall–Kier alpha value is -2.82. The predicted octanol–water partition coefficient (Wildman–Crippen LogP) is 4.09. The number of methoxy groups -OCH3 is 1. The number of carbonyl (C=O) groups is 1. The molecule has 0 aliphatic carbocycles. The average molecular weight is 340 g/mol. The number of nitrogens with zero attached hydrogens (tertiary/aromatic N) is 1. The van der Waals surface area contributed by atoms with E-state index in [0.717, 1.165) is 11.1 Å². The van der Waals surface area contributed by atoms with Gasteiger partial charge in [0.2, 0.25) is 5.91 Å². The maximum atomic E-state index is 12.0. The highest BCUT2D eigenvalue weighted by atomic mass is 16.5. The second kappa shape index (κ2) is 8.87. The van der Waals surface area contributed by atoms with E-state index >= 15 is 0 Å². The molecule has 2 aromatic rings. The summed E-state index contributed by atoms with van der Waals surface area (Å²) in [4.78, 5) is 16.2. The van der Waals surface area contributed by atoms with Crippen LogP contribution in [0.1, 0.15) is 25.0 Å². The van der Waals surface area contributed by atoms with Crippen molar-refractivity contribution in [2.75, 3.05) is 19.0 Å². The summed E-state index contributed by atoms with van der Waals surface area (Å²) < 4.78 is 11.1. The first-order valence-electron chi connectivity index (χ1n) is 8.21. The van der Waals surface area contributed by atoms with Crippen molar-refractivity contribution in [3.05, 3.63) is 53.7 Å². The Morgan fingerprint density at radius 1 is 1.28 bits per heavy atom. The quantitative estimate of drug-likeness (QED) is 0.771. The Bertz CT molecular complexity index is 754. The van der Waals surface area contributed by atoms with E-state index in [4.69, 9.17) is 9.47 Å². The summed E-state index contributed by atoms with van der Waals surface area (Å²) >= 11 is 0. The van der Waals surface area contributed by atoms with Crippen molar-refractivity contribution in [3.63, 3.8) is 0 Å². The van der Waals surface area contributed by atoms with Crippen LogP contribution in [0.3, 0.4) is 0 Å². The first-order valence-corrected chi connectivity index (χ1v) is 8.21. The van der Waals surface area contributed by atoms with Gasteiger partial charge in [0.25, 0.3) is 0 Å². The van der Waals surface area contributed by atoms with E-state index in [2.05, 4.69) is 24.1 Å². The van der Waals surface area contributed by atoms with Gasteiger partial charge in [-0.2, -0.15) is 0 Å². The number of benzene rings is 1. The maximum Gasteiger partial charge on any atom is 0.249 e. The van der Waals surface area contributed by atoms with E-state index in [-0.39, 0.29) is 5.91 Å². The lowest BCUT2D eigenvalue weighted by Gasteiger charge is -2.12. The van der Waals surface area contributed by atoms with Gasteiger partial charge in [-0.05, 0) is 48.2 Å².